The van der Waals surface area contributed by atoms with E-state index in [1.54, 1.807) is 0 Å². The molecule has 1 atom stereocenters. The van der Waals surface area contributed by atoms with Crippen molar-refractivity contribution in [2.24, 2.45) is 5.92 Å². The van der Waals surface area contributed by atoms with Crippen LogP contribution in [0.1, 0.15) is 50.3 Å². The number of nitrogens with one attached hydrogen (secondary N) is 1. The van der Waals surface area contributed by atoms with Crippen molar-refractivity contribution in [1.29, 1.82) is 0 Å². The van der Waals surface area contributed by atoms with Gasteiger partial charge < -0.3 is 5.32 Å². The van der Waals surface area contributed by atoms with Crippen LogP contribution in [0.2, 0.25) is 0 Å². The molecule has 0 saturated carbocycles. The molecular formula is C17H29N. The highest BCUT2D eigenvalue weighted by molar-refractivity contribution is 5.28. The fraction of sp³-hybridized carbons (Fsp3) is 0.647. The van der Waals surface area contributed by atoms with Crippen LogP contribution >= 0.6 is 0 Å². The first-order valence-corrected chi connectivity index (χ1v) is 7.31. The highest BCUT2D eigenvalue weighted by Gasteiger charge is 2.10. The highest BCUT2D eigenvalue weighted by atomic mass is 14.9. The average Bonchev–Trinajstić information content (AvgIpc) is 2.24. The summed E-state index contributed by atoms with van der Waals surface area (Å²) in [6, 6.07) is 7.52. The lowest BCUT2D eigenvalue weighted by molar-refractivity contribution is 0.418. The van der Waals surface area contributed by atoms with Crippen molar-refractivity contribution in [2.45, 2.75) is 59.9 Å². The van der Waals surface area contributed by atoms with Crippen LogP contribution in [0.3, 0.4) is 0 Å². The highest BCUT2D eigenvalue weighted by Crippen LogP contribution is 2.16. The fourth-order valence-electron chi connectivity index (χ4n) is 2.61. The van der Waals surface area contributed by atoms with E-state index in [0.717, 1.165) is 12.5 Å². The van der Waals surface area contributed by atoms with Gasteiger partial charge in [0.2, 0.25) is 0 Å². The molecule has 0 bridgehead atoms. The van der Waals surface area contributed by atoms with Crippen molar-refractivity contribution in [3.63, 3.8) is 0 Å². The van der Waals surface area contributed by atoms with E-state index in [9.17, 15) is 0 Å². The Morgan fingerprint density at radius 3 is 2.17 bits per heavy atom. The molecule has 1 nitrogen and oxygen atoms in total. The predicted octanol–water partition coefficient (Wildman–Crippen LogP) is 4.26. The second-order valence-corrected chi connectivity index (χ2v) is 5.92. The lowest BCUT2D eigenvalue weighted by atomic mass is 9.93. The molecule has 0 saturated heterocycles. The Labute approximate surface area is 113 Å². The van der Waals surface area contributed by atoms with E-state index in [1.807, 2.05) is 0 Å². The molecular weight excluding hydrogens is 218 g/mol. The zero-order chi connectivity index (χ0) is 13.5. The van der Waals surface area contributed by atoms with Crippen molar-refractivity contribution < 1.29 is 0 Å². The predicted molar refractivity (Wildman–Crippen MR) is 81.2 cm³/mol. The summed E-state index contributed by atoms with van der Waals surface area (Å²) in [5, 5.41) is 3.58. The Morgan fingerprint density at radius 2 is 1.67 bits per heavy atom. The van der Waals surface area contributed by atoms with E-state index in [1.165, 1.54) is 36.0 Å². The summed E-state index contributed by atoms with van der Waals surface area (Å²) in [4.78, 5) is 0. The number of hydrogen-bond donors (Lipinski definition) is 1. The molecule has 0 fully saturated rings. The minimum atomic E-state index is 0.587. The second kappa shape index (κ2) is 7.58. The summed E-state index contributed by atoms with van der Waals surface area (Å²) in [5.41, 5.74) is 4.27. The van der Waals surface area contributed by atoms with Gasteiger partial charge >= 0.3 is 0 Å². The first-order chi connectivity index (χ1) is 8.51. The van der Waals surface area contributed by atoms with Gasteiger partial charge in [-0.3, -0.25) is 0 Å². The molecule has 0 aromatic heterocycles. The van der Waals surface area contributed by atoms with E-state index >= 15 is 0 Å². The summed E-state index contributed by atoms with van der Waals surface area (Å²) in [5.74, 6) is 0.763. The maximum Gasteiger partial charge on any atom is 0.00104 e. The third-order valence-corrected chi connectivity index (χ3v) is 3.32. The lowest BCUT2D eigenvalue weighted by Gasteiger charge is -2.19. The average molecular weight is 247 g/mol. The maximum absolute atomic E-state index is 3.58. The third kappa shape index (κ3) is 5.68. The molecule has 0 heterocycles. The van der Waals surface area contributed by atoms with Crippen molar-refractivity contribution in [1.82, 2.24) is 5.32 Å². The van der Waals surface area contributed by atoms with E-state index in [0.29, 0.717) is 6.04 Å². The van der Waals surface area contributed by atoms with Crippen molar-refractivity contribution >= 4 is 0 Å². The van der Waals surface area contributed by atoms with Crippen molar-refractivity contribution in [2.75, 3.05) is 6.54 Å². The van der Waals surface area contributed by atoms with Crippen LogP contribution in [0.5, 0.6) is 0 Å². The van der Waals surface area contributed by atoms with Crippen LogP contribution in [0.4, 0.5) is 0 Å². The summed E-state index contributed by atoms with van der Waals surface area (Å²) in [7, 11) is 0. The smallest absolute Gasteiger partial charge is 0.00104 e. The quantitative estimate of drug-likeness (QED) is 0.759. The Hall–Kier alpha value is -0.820. The van der Waals surface area contributed by atoms with E-state index < -0.39 is 0 Å². The molecule has 1 rings (SSSR count). The Balaban J connectivity index is 2.63. The SMILES string of the molecule is CCCC(CNC(C)C)Cc1cc(C)cc(C)c1. The monoisotopic (exact) mass is 247 g/mol. The number of aryl methyl sites for hydroxylation is 2. The van der Waals surface area contributed by atoms with Crippen molar-refractivity contribution in [3.8, 4) is 0 Å². The van der Waals surface area contributed by atoms with Crippen LogP contribution in [-0.4, -0.2) is 12.6 Å². The first-order valence-electron chi connectivity index (χ1n) is 7.31. The van der Waals surface area contributed by atoms with Crippen LogP contribution in [0.15, 0.2) is 18.2 Å². The van der Waals surface area contributed by atoms with Crippen LogP contribution < -0.4 is 5.32 Å². The molecule has 0 amide bonds. The van der Waals surface area contributed by atoms with Crippen LogP contribution in [-0.2, 0) is 6.42 Å². The molecule has 0 aliphatic heterocycles. The summed E-state index contributed by atoms with van der Waals surface area (Å²) in [6.07, 6.45) is 3.79. The summed E-state index contributed by atoms with van der Waals surface area (Å²) >= 11 is 0. The molecule has 1 heteroatoms. The molecule has 1 N–H and O–H groups in total. The van der Waals surface area contributed by atoms with E-state index in [-0.39, 0.29) is 0 Å². The Morgan fingerprint density at radius 1 is 1.06 bits per heavy atom. The number of hydrogen-bond acceptors (Lipinski definition) is 1. The number of rotatable bonds is 7. The van der Waals surface area contributed by atoms with E-state index in [4.69, 9.17) is 0 Å². The maximum atomic E-state index is 3.58. The zero-order valence-corrected chi connectivity index (χ0v) is 12.7. The van der Waals surface area contributed by atoms with Crippen LogP contribution in [0, 0.1) is 19.8 Å². The number of benzene rings is 1. The lowest BCUT2D eigenvalue weighted by Crippen LogP contribution is -2.30. The van der Waals surface area contributed by atoms with Gasteiger partial charge in [-0.05, 0) is 44.7 Å². The minimum Gasteiger partial charge on any atom is -0.314 e. The van der Waals surface area contributed by atoms with Crippen molar-refractivity contribution in [3.05, 3.63) is 34.9 Å². The van der Waals surface area contributed by atoms with Crippen LogP contribution in [0.25, 0.3) is 0 Å². The summed E-state index contributed by atoms with van der Waals surface area (Å²) < 4.78 is 0. The Bertz CT molecular complexity index is 334. The molecule has 102 valence electrons. The standard InChI is InChI=1S/C17H29N/c1-6-7-16(12-18-13(2)3)11-17-9-14(4)8-15(5)10-17/h8-10,13,16,18H,6-7,11-12H2,1-5H3. The molecule has 0 spiro atoms. The summed E-state index contributed by atoms with van der Waals surface area (Å²) in [6.45, 7) is 12.2. The van der Waals surface area contributed by atoms with Gasteiger partial charge in [0.1, 0.15) is 0 Å². The molecule has 18 heavy (non-hydrogen) atoms. The normalized spacial score (nSPS) is 13.0. The van der Waals surface area contributed by atoms with Gasteiger partial charge in [-0.2, -0.15) is 0 Å². The largest absolute Gasteiger partial charge is 0.314 e. The van der Waals surface area contributed by atoms with E-state index in [2.05, 4.69) is 58.1 Å². The molecule has 1 aromatic carbocycles. The molecule has 0 aliphatic rings. The minimum absolute atomic E-state index is 0.587. The third-order valence-electron chi connectivity index (χ3n) is 3.32. The van der Waals surface area contributed by atoms with Gasteiger partial charge in [-0.15, -0.1) is 0 Å². The van der Waals surface area contributed by atoms with Gasteiger partial charge in [0.05, 0.1) is 0 Å². The van der Waals surface area contributed by atoms with Gasteiger partial charge in [0.15, 0.2) is 0 Å². The Kier molecular flexibility index (Phi) is 6.42. The van der Waals surface area contributed by atoms with Gasteiger partial charge in [0.25, 0.3) is 0 Å². The second-order valence-electron chi connectivity index (χ2n) is 5.92. The molecule has 0 aliphatic carbocycles. The first kappa shape index (κ1) is 15.2. The molecule has 1 unspecified atom stereocenters. The fourth-order valence-corrected chi connectivity index (χ4v) is 2.61. The molecule has 1 aromatic rings. The topological polar surface area (TPSA) is 12.0 Å². The zero-order valence-electron chi connectivity index (χ0n) is 12.7. The van der Waals surface area contributed by atoms with Gasteiger partial charge in [-0.25, -0.2) is 0 Å². The molecule has 0 radical (unpaired) electrons. The van der Waals surface area contributed by atoms with Gasteiger partial charge in [0, 0.05) is 6.04 Å². The van der Waals surface area contributed by atoms with Gasteiger partial charge in [-0.1, -0.05) is 56.5 Å².